The molecule has 1 fully saturated rings. The molecule has 1 heterocycles. The summed E-state index contributed by atoms with van der Waals surface area (Å²) in [7, 11) is 1.54. The number of amides is 1. The van der Waals surface area contributed by atoms with Gasteiger partial charge in [-0.25, -0.2) is 9.79 Å². The van der Waals surface area contributed by atoms with Gasteiger partial charge in [0.2, 0.25) is 0 Å². The number of hydrogen-bond acceptors (Lipinski definition) is 4. The van der Waals surface area contributed by atoms with Gasteiger partial charge in [-0.05, 0) is 59.8 Å². The number of amidine groups is 1. The highest BCUT2D eigenvalue weighted by atomic mass is 32.2. The smallest absolute Gasteiger partial charge is 0.416 e. The lowest BCUT2D eigenvalue weighted by Crippen LogP contribution is -2.23. The van der Waals surface area contributed by atoms with Crippen molar-refractivity contribution in [3.05, 3.63) is 70.1 Å². The van der Waals surface area contributed by atoms with E-state index in [1.54, 1.807) is 0 Å². The van der Waals surface area contributed by atoms with Crippen LogP contribution in [-0.2, 0) is 11.0 Å². The molecule has 0 radical (unpaired) electrons. The monoisotopic (exact) mass is 406 g/mol. The Balaban J connectivity index is 1.82. The van der Waals surface area contributed by atoms with Crippen LogP contribution in [0.15, 0.2) is 58.4 Å². The van der Waals surface area contributed by atoms with Gasteiger partial charge < -0.3 is 5.11 Å². The first-order chi connectivity index (χ1) is 13.1. The molecule has 2 aromatic rings. The van der Waals surface area contributed by atoms with Crippen molar-refractivity contribution in [3.8, 4) is 0 Å². The minimum Gasteiger partial charge on any atom is -0.478 e. The van der Waals surface area contributed by atoms with Gasteiger partial charge >= 0.3 is 12.1 Å². The number of carbonyl (C=O) groups is 2. The second-order valence-electron chi connectivity index (χ2n) is 5.84. The molecule has 2 aromatic carbocycles. The Morgan fingerprint density at radius 2 is 1.71 bits per heavy atom. The Morgan fingerprint density at radius 3 is 2.25 bits per heavy atom. The molecule has 0 aromatic heterocycles. The Hall–Kier alpha value is -3.07. The predicted octanol–water partition coefficient (Wildman–Crippen LogP) is 4.64. The first-order valence-electron chi connectivity index (χ1n) is 7.92. The van der Waals surface area contributed by atoms with E-state index in [1.165, 1.54) is 54.4 Å². The van der Waals surface area contributed by atoms with E-state index in [9.17, 15) is 22.8 Å². The molecule has 1 amide bonds. The molecule has 0 saturated carbocycles. The first kappa shape index (κ1) is 19.7. The van der Waals surface area contributed by atoms with E-state index < -0.39 is 17.7 Å². The molecule has 0 bridgehead atoms. The summed E-state index contributed by atoms with van der Waals surface area (Å²) >= 11 is 1.09. The first-order valence-corrected chi connectivity index (χ1v) is 8.74. The molecular formula is C19H13F3N2O3S. The molecule has 1 saturated heterocycles. The van der Waals surface area contributed by atoms with Gasteiger partial charge in [0.05, 0.1) is 21.7 Å². The van der Waals surface area contributed by atoms with E-state index >= 15 is 0 Å². The molecule has 0 aliphatic carbocycles. The fourth-order valence-corrected chi connectivity index (χ4v) is 3.35. The number of carbonyl (C=O) groups excluding carboxylic acids is 1. The molecule has 5 nitrogen and oxygen atoms in total. The van der Waals surface area contributed by atoms with Crippen molar-refractivity contribution in [3.63, 3.8) is 0 Å². The Morgan fingerprint density at radius 1 is 1.11 bits per heavy atom. The maximum absolute atomic E-state index is 12.6. The number of halogens is 3. The van der Waals surface area contributed by atoms with Crippen molar-refractivity contribution in [1.82, 2.24) is 4.90 Å². The van der Waals surface area contributed by atoms with Crippen LogP contribution in [0.1, 0.15) is 21.5 Å². The number of carboxylic acids is 1. The molecule has 1 N–H and O–H groups in total. The Labute approximate surface area is 162 Å². The summed E-state index contributed by atoms with van der Waals surface area (Å²) in [4.78, 5) is 29.2. The number of nitrogens with zero attached hydrogens (tertiary/aromatic N) is 2. The number of aromatic carboxylic acids is 1. The zero-order chi connectivity index (χ0) is 20.5. The van der Waals surface area contributed by atoms with Gasteiger partial charge in [0, 0.05) is 7.05 Å². The molecule has 9 heteroatoms. The van der Waals surface area contributed by atoms with E-state index in [0.717, 1.165) is 23.9 Å². The minimum absolute atomic E-state index is 0.121. The van der Waals surface area contributed by atoms with Gasteiger partial charge in [0.15, 0.2) is 5.17 Å². The molecule has 3 rings (SSSR count). The number of aliphatic imine (C=N–C) groups is 1. The highest BCUT2D eigenvalue weighted by molar-refractivity contribution is 8.18. The van der Waals surface area contributed by atoms with Gasteiger partial charge in [-0.3, -0.25) is 9.69 Å². The normalized spacial score (nSPS) is 17.6. The third kappa shape index (κ3) is 4.25. The van der Waals surface area contributed by atoms with E-state index in [2.05, 4.69) is 4.99 Å². The maximum atomic E-state index is 12.6. The zero-order valence-corrected chi connectivity index (χ0v) is 15.2. The highest BCUT2D eigenvalue weighted by Gasteiger charge is 2.31. The van der Waals surface area contributed by atoms with Crippen LogP contribution in [0, 0.1) is 0 Å². The maximum Gasteiger partial charge on any atom is 0.416 e. The van der Waals surface area contributed by atoms with E-state index in [1.807, 2.05) is 0 Å². The van der Waals surface area contributed by atoms with Crippen LogP contribution in [-0.4, -0.2) is 34.1 Å². The summed E-state index contributed by atoms with van der Waals surface area (Å²) in [6.45, 7) is 0. The van der Waals surface area contributed by atoms with Gasteiger partial charge in [-0.15, -0.1) is 0 Å². The fraction of sp³-hybridized carbons (Fsp3) is 0.105. The van der Waals surface area contributed by atoms with Crippen molar-refractivity contribution in [1.29, 1.82) is 0 Å². The lowest BCUT2D eigenvalue weighted by molar-refractivity contribution is -0.137. The van der Waals surface area contributed by atoms with E-state index in [0.29, 0.717) is 21.3 Å². The van der Waals surface area contributed by atoms with Crippen molar-refractivity contribution in [2.75, 3.05) is 7.05 Å². The second kappa shape index (κ2) is 7.51. The molecule has 0 atom stereocenters. The van der Waals surface area contributed by atoms with Crippen LogP contribution in [0.3, 0.4) is 0 Å². The number of carboxylic acid groups (broad SMARTS) is 1. The molecule has 1 aliphatic rings. The van der Waals surface area contributed by atoms with Crippen LogP contribution in [0.4, 0.5) is 18.9 Å². The fourth-order valence-electron chi connectivity index (χ4n) is 2.36. The standard InChI is InChI=1S/C19H13F3N2O3S/c1-24-16(25)15(10-11-2-6-13(7-3-11)19(20,21)22)28-18(24)23-14-8-4-12(5-9-14)17(26)27/h2-10H,1H3,(H,26,27). The largest absolute Gasteiger partial charge is 0.478 e. The van der Waals surface area contributed by atoms with Gasteiger partial charge in [-0.1, -0.05) is 12.1 Å². The predicted molar refractivity (Wildman–Crippen MR) is 100 cm³/mol. The van der Waals surface area contributed by atoms with Crippen LogP contribution < -0.4 is 0 Å². The lowest BCUT2D eigenvalue weighted by Gasteiger charge is -2.07. The number of rotatable bonds is 3. The third-order valence-corrected chi connectivity index (χ3v) is 4.94. The molecule has 28 heavy (non-hydrogen) atoms. The van der Waals surface area contributed by atoms with Crippen molar-refractivity contribution in [2.45, 2.75) is 6.18 Å². The summed E-state index contributed by atoms with van der Waals surface area (Å²) in [6.07, 6.45) is -2.92. The summed E-state index contributed by atoms with van der Waals surface area (Å²) in [6, 6.07) is 10.4. The van der Waals surface area contributed by atoms with Crippen LogP contribution in [0.2, 0.25) is 0 Å². The summed E-state index contributed by atoms with van der Waals surface area (Å²) < 4.78 is 37.9. The van der Waals surface area contributed by atoms with Gasteiger partial charge in [0.25, 0.3) is 5.91 Å². The number of hydrogen-bond donors (Lipinski definition) is 1. The Kier molecular flexibility index (Phi) is 5.28. The van der Waals surface area contributed by atoms with E-state index in [4.69, 9.17) is 5.11 Å². The molecule has 144 valence electrons. The van der Waals surface area contributed by atoms with E-state index in [-0.39, 0.29) is 11.5 Å². The summed E-state index contributed by atoms with van der Waals surface area (Å²) in [5.41, 5.74) is 0.298. The Bertz CT molecular complexity index is 981. The zero-order valence-electron chi connectivity index (χ0n) is 14.4. The quantitative estimate of drug-likeness (QED) is 0.754. The molecular weight excluding hydrogens is 393 g/mol. The highest BCUT2D eigenvalue weighted by Crippen LogP contribution is 2.34. The lowest BCUT2D eigenvalue weighted by atomic mass is 10.1. The SMILES string of the molecule is CN1C(=O)C(=Cc2ccc(C(F)(F)F)cc2)SC1=Nc1ccc(C(=O)O)cc1. The second-order valence-corrected chi connectivity index (χ2v) is 6.85. The van der Waals surface area contributed by atoms with Crippen LogP contribution in [0.25, 0.3) is 6.08 Å². The number of thioether (sulfide) groups is 1. The molecule has 0 spiro atoms. The van der Waals surface area contributed by atoms with Crippen molar-refractivity contribution in [2.24, 2.45) is 4.99 Å². The average Bonchev–Trinajstić information content (AvgIpc) is 2.90. The topological polar surface area (TPSA) is 70.0 Å². The summed E-state index contributed by atoms with van der Waals surface area (Å²) in [5.74, 6) is -1.38. The molecule has 0 unspecified atom stereocenters. The minimum atomic E-state index is -4.42. The number of alkyl halides is 3. The average molecular weight is 406 g/mol. The van der Waals surface area contributed by atoms with Gasteiger partial charge in [-0.2, -0.15) is 13.2 Å². The van der Waals surface area contributed by atoms with Crippen molar-refractivity contribution >= 4 is 40.6 Å². The van der Waals surface area contributed by atoms with Crippen LogP contribution in [0.5, 0.6) is 0 Å². The van der Waals surface area contributed by atoms with Crippen LogP contribution >= 0.6 is 11.8 Å². The number of benzene rings is 2. The third-order valence-electron chi connectivity index (χ3n) is 3.88. The van der Waals surface area contributed by atoms with Gasteiger partial charge in [0.1, 0.15) is 0 Å². The summed E-state index contributed by atoms with van der Waals surface area (Å²) in [5, 5.41) is 9.29. The number of likely N-dealkylation sites (N-methyl/N-ethyl adjacent to an activating group) is 1. The van der Waals surface area contributed by atoms with Crippen molar-refractivity contribution < 1.29 is 27.9 Å². The molecule has 1 aliphatic heterocycles.